The molecule has 0 fully saturated rings. The highest BCUT2D eigenvalue weighted by Crippen LogP contribution is 2.21. The van der Waals surface area contributed by atoms with Crippen molar-refractivity contribution >= 4 is 34.3 Å². The lowest BCUT2D eigenvalue weighted by atomic mass is 10.2. The minimum absolute atomic E-state index is 0.0377. The second-order valence-corrected chi connectivity index (χ2v) is 3.98. The Hall–Kier alpha value is -0.0900. The molecule has 1 aromatic rings. The van der Waals surface area contributed by atoms with Gasteiger partial charge in [-0.1, -0.05) is 29.3 Å². The summed E-state index contributed by atoms with van der Waals surface area (Å²) in [6.45, 7) is 0. The fourth-order valence-corrected chi connectivity index (χ4v) is 1.84. The molecule has 12 heavy (non-hydrogen) atoms. The van der Waals surface area contributed by atoms with Crippen LogP contribution >= 0.6 is 23.2 Å². The number of benzene rings is 1. The Bertz CT molecular complexity index is 314. The zero-order valence-corrected chi connectivity index (χ0v) is 8.29. The van der Waals surface area contributed by atoms with Crippen LogP contribution < -0.4 is 0 Å². The summed E-state index contributed by atoms with van der Waals surface area (Å²) in [5.74, 6) is 0.0377. The summed E-state index contributed by atoms with van der Waals surface area (Å²) in [6.07, 6.45) is 0. The van der Waals surface area contributed by atoms with Crippen molar-refractivity contribution in [3.63, 3.8) is 0 Å². The summed E-state index contributed by atoms with van der Waals surface area (Å²) < 4.78 is 19.0. The minimum atomic E-state index is -1.86. The van der Waals surface area contributed by atoms with E-state index in [2.05, 4.69) is 0 Å². The third-order valence-electron chi connectivity index (χ3n) is 1.29. The van der Waals surface area contributed by atoms with Gasteiger partial charge in [0.15, 0.2) is 11.1 Å². The van der Waals surface area contributed by atoms with Gasteiger partial charge in [-0.25, -0.2) is 4.21 Å². The van der Waals surface area contributed by atoms with Crippen molar-refractivity contribution in [2.75, 3.05) is 0 Å². The zero-order valence-electron chi connectivity index (χ0n) is 5.96. The van der Waals surface area contributed by atoms with Gasteiger partial charge in [0, 0.05) is 10.0 Å². The Morgan fingerprint density at radius 2 is 2.08 bits per heavy atom. The highest BCUT2D eigenvalue weighted by atomic mass is 35.5. The average molecular weight is 225 g/mol. The Morgan fingerprint density at radius 1 is 1.42 bits per heavy atom. The summed E-state index contributed by atoms with van der Waals surface area (Å²) in [7, 11) is 0. The number of halogens is 2. The predicted octanol–water partition coefficient (Wildman–Crippen LogP) is 2.72. The molecule has 5 heteroatoms. The SMILES string of the molecule is O=S(O)Cc1ccc(Cl)cc1Cl. The normalized spacial score (nSPS) is 12.9. The average Bonchev–Trinajstić information content (AvgIpc) is 1.94. The quantitative estimate of drug-likeness (QED) is 0.785. The van der Waals surface area contributed by atoms with E-state index in [1.165, 1.54) is 0 Å². The van der Waals surface area contributed by atoms with E-state index in [-0.39, 0.29) is 5.75 Å². The molecule has 0 bridgehead atoms. The van der Waals surface area contributed by atoms with Crippen LogP contribution in [0.25, 0.3) is 0 Å². The molecule has 0 amide bonds. The van der Waals surface area contributed by atoms with Gasteiger partial charge in [-0.05, 0) is 17.7 Å². The van der Waals surface area contributed by atoms with Crippen molar-refractivity contribution in [2.24, 2.45) is 0 Å². The first-order chi connectivity index (χ1) is 5.59. The lowest BCUT2D eigenvalue weighted by molar-refractivity contribution is 0.563. The van der Waals surface area contributed by atoms with Crippen LogP contribution in [-0.2, 0) is 16.8 Å². The highest BCUT2D eigenvalue weighted by molar-refractivity contribution is 7.78. The first-order valence-corrected chi connectivity index (χ1v) is 5.14. The van der Waals surface area contributed by atoms with E-state index < -0.39 is 11.1 Å². The molecular weight excluding hydrogens is 219 g/mol. The molecule has 0 spiro atoms. The third-order valence-corrected chi connectivity index (χ3v) is 2.44. The van der Waals surface area contributed by atoms with Crippen molar-refractivity contribution in [3.8, 4) is 0 Å². The largest absolute Gasteiger partial charge is 0.306 e. The first kappa shape index (κ1) is 9.99. The summed E-state index contributed by atoms with van der Waals surface area (Å²) in [4.78, 5) is 0. The van der Waals surface area contributed by atoms with Gasteiger partial charge in [0.2, 0.25) is 0 Å². The van der Waals surface area contributed by atoms with Crippen molar-refractivity contribution in [2.45, 2.75) is 5.75 Å². The Balaban J connectivity index is 2.93. The predicted molar refractivity (Wildman–Crippen MR) is 50.9 cm³/mol. The van der Waals surface area contributed by atoms with Crippen LogP contribution in [0.4, 0.5) is 0 Å². The molecule has 0 radical (unpaired) electrons. The van der Waals surface area contributed by atoms with E-state index in [1.54, 1.807) is 18.2 Å². The lowest BCUT2D eigenvalue weighted by Crippen LogP contribution is -1.93. The molecule has 0 heterocycles. The van der Waals surface area contributed by atoms with E-state index in [0.29, 0.717) is 15.6 Å². The molecule has 0 aliphatic heterocycles. The molecule has 1 unspecified atom stereocenters. The lowest BCUT2D eigenvalue weighted by Gasteiger charge is -2.00. The summed E-state index contributed by atoms with van der Waals surface area (Å²) in [5.41, 5.74) is 0.627. The number of hydrogen-bond acceptors (Lipinski definition) is 1. The molecule has 1 aromatic carbocycles. The maximum Gasteiger partial charge on any atom is 0.157 e. The van der Waals surface area contributed by atoms with Gasteiger partial charge in [0.25, 0.3) is 0 Å². The smallest absolute Gasteiger partial charge is 0.157 e. The van der Waals surface area contributed by atoms with Crippen LogP contribution in [0.3, 0.4) is 0 Å². The van der Waals surface area contributed by atoms with Crippen molar-refractivity contribution in [3.05, 3.63) is 33.8 Å². The van der Waals surface area contributed by atoms with Crippen LogP contribution in [0.15, 0.2) is 18.2 Å². The molecule has 66 valence electrons. The molecule has 2 nitrogen and oxygen atoms in total. The second kappa shape index (κ2) is 4.23. The maximum atomic E-state index is 10.4. The second-order valence-electron chi connectivity index (χ2n) is 2.20. The molecule has 0 aromatic heterocycles. The molecular formula is C7H6Cl2O2S. The first-order valence-electron chi connectivity index (χ1n) is 3.11. The maximum absolute atomic E-state index is 10.4. The van der Waals surface area contributed by atoms with Gasteiger partial charge in [-0.15, -0.1) is 0 Å². The molecule has 0 saturated heterocycles. The van der Waals surface area contributed by atoms with Gasteiger partial charge in [-0.3, -0.25) is 0 Å². The van der Waals surface area contributed by atoms with E-state index in [1.807, 2.05) is 0 Å². The Labute approximate surface area is 82.8 Å². The zero-order chi connectivity index (χ0) is 9.14. The molecule has 0 saturated carbocycles. The van der Waals surface area contributed by atoms with Crippen LogP contribution in [-0.4, -0.2) is 8.76 Å². The standard InChI is InChI=1S/C7H6Cl2O2S/c8-6-2-1-5(4-12(10)11)7(9)3-6/h1-3H,4H2,(H,10,11). The molecule has 1 rings (SSSR count). The monoisotopic (exact) mass is 224 g/mol. The van der Waals surface area contributed by atoms with Gasteiger partial charge in [-0.2, -0.15) is 0 Å². The topological polar surface area (TPSA) is 37.3 Å². The van der Waals surface area contributed by atoms with Gasteiger partial charge in [0.05, 0.1) is 5.75 Å². The van der Waals surface area contributed by atoms with Gasteiger partial charge < -0.3 is 4.55 Å². The molecule has 1 N–H and O–H groups in total. The number of rotatable bonds is 2. The van der Waals surface area contributed by atoms with Crippen molar-refractivity contribution in [1.82, 2.24) is 0 Å². The summed E-state index contributed by atoms with van der Waals surface area (Å²) >= 11 is 9.51. The summed E-state index contributed by atoms with van der Waals surface area (Å²) in [5, 5.41) is 0.942. The van der Waals surface area contributed by atoms with E-state index in [4.69, 9.17) is 27.8 Å². The molecule has 0 aliphatic rings. The van der Waals surface area contributed by atoms with E-state index in [9.17, 15) is 4.21 Å². The van der Waals surface area contributed by atoms with Gasteiger partial charge >= 0.3 is 0 Å². The van der Waals surface area contributed by atoms with Crippen molar-refractivity contribution < 1.29 is 8.76 Å². The Kier molecular flexibility index (Phi) is 3.53. The third kappa shape index (κ3) is 2.75. The fraction of sp³-hybridized carbons (Fsp3) is 0.143. The van der Waals surface area contributed by atoms with Crippen LogP contribution in [0.1, 0.15) is 5.56 Å². The van der Waals surface area contributed by atoms with Crippen LogP contribution in [0.2, 0.25) is 10.0 Å². The molecule has 0 aliphatic carbocycles. The minimum Gasteiger partial charge on any atom is -0.306 e. The highest BCUT2D eigenvalue weighted by Gasteiger charge is 2.03. The Morgan fingerprint density at radius 3 is 2.58 bits per heavy atom. The summed E-state index contributed by atoms with van der Waals surface area (Å²) in [6, 6.07) is 4.82. The number of hydrogen-bond donors (Lipinski definition) is 1. The van der Waals surface area contributed by atoms with Crippen LogP contribution in [0.5, 0.6) is 0 Å². The van der Waals surface area contributed by atoms with E-state index >= 15 is 0 Å². The van der Waals surface area contributed by atoms with Crippen LogP contribution in [0, 0.1) is 0 Å². The molecule has 1 atom stereocenters. The van der Waals surface area contributed by atoms with E-state index in [0.717, 1.165) is 0 Å². The van der Waals surface area contributed by atoms with Crippen molar-refractivity contribution in [1.29, 1.82) is 0 Å². The van der Waals surface area contributed by atoms with Gasteiger partial charge in [0.1, 0.15) is 0 Å². The fourth-order valence-electron chi connectivity index (χ4n) is 0.772.